The third kappa shape index (κ3) is 4.43. The first-order valence-corrected chi connectivity index (χ1v) is 7.88. The second kappa shape index (κ2) is 7.38. The van der Waals surface area contributed by atoms with E-state index in [9.17, 15) is 4.79 Å². The van der Waals surface area contributed by atoms with Gasteiger partial charge in [-0.05, 0) is 33.7 Å². The van der Waals surface area contributed by atoms with Crippen LogP contribution in [0.5, 0.6) is 0 Å². The van der Waals surface area contributed by atoms with E-state index in [1.165, 1.54) is 26.2 Å². The first-order valence-electron chi connectivity index (χ1n) is 7.88. The van der Waals surface area contributed by atoms with Crippen molar-refractivity contribution in [3.05, 3.63) is 0 Å². The maximum Gasteiger partial charge on any atom is 0.248 e. The van der Waals surface area contributed by atoms with Crippen LogP contribution in [0.1, 0.15) is 26.7 Å². The minimum atomic E-state index is 0.127. The van der Waals surface area contributed by atoms with Crippen molar-refractivity contribution in [1.29, 1.82) is 0 Å². The summed E-state index contributed by atoms with van der Waals surface area (Å²) in [5.74, 6) is 0.149. The van der Waals surface area contributed by atoms with E-state index in [0.29, 0.717) is 6.04 Å². The first kappa shape index (κ1) is 15.7. The van der Waals surface area contributed by atoms with Crippen molar-refractivity contribution >= 4 is 5.91 Å². The highest BCUT2D eigenvalue weighted by molar-refractivity contribution is 5.77. The van der Waals surface area contributed by atoms with Gasteiger partial charge in [0.1, 0.15) is 6.61 Å². The monoisotopic (exact) mass is 283 g/mol. The van der Waals surface area contributed by atoms with Gasteiger partial charge in [-0.15, -0.1) is 0 Å². The molecule has 2 saturated heterocycles. The van der Waals surface area contributed by atoms with Gasteiger partial charge < -0.3 is 14.5 Å². The van der Waals surface area contributed by atoms with Crippen LogP contribution >= 0.6 is 0 Å². The standard InChI is InChI=1S/C15H29N3O2/c1-13(2)20-12-15(19)18-6-4-14(5-7-18)17-10-8-16(3)9-11-17/h13-14H,4-12H2,1-3H3. The molecule has 0 saturated carbocycles. The van der Waals surface area contributed by atoms with Crippen molar-refractivity contribution in [1.82, 2.24) is 14.7 Å². The maximum absolute atomic E-state index is 12.0. The molecule has 0 atom stereocenters. The number of hydrogen-bond acceptors (Lipinski definition) is 4. The third-order valence-electron chi connectivity index (χ3n) is 4.41. The molecule has 0 aromatic carbocycles. The summed E-state index contributed by atoms with van der Waals surface area (Å²) in [6.07, 6.45) is 2.34. The summed E-state index contributed by atoms with van der Waals surface area (Å²) in [5, 5.41) is 0. The molecule has 0 N–H and O–H groups in total. The first-order chi connectivity index (χ1) is 9.56. The van der Waals surface area contributed by atoms with Crippen LogP contribution in [-0.2, 0) is 9.53 Å². The number of hydrogen-bond donors (Lipinski definition) is 0. The summed E-state index contributed by atoms with van der Waals surface area (Å²) in [7, 11) is 2.19. The molecule has 2 aliphatic heterocycles. The number of amides is 1. The Kier molecular flexibility index (Phi) is 5.81. The van der Waals surface area contributed by atoms with Crippen molar-refractivity contribution in [2.75, 3.05) is 52.9 Å². The molecule has 1 amide bonds. The quantitative estimate of drug-likeness (QED) is 0.759. The molecule has 2 heterocycles. The summed E-state index contributed by atoms with van der Waals surface area (Å²) in [6, 6.07) is 0.666. The lowest BCUT2D eigenvalue weighted by molar-refractivity contribution is -0.139. The number of piperidine rings is 1. The summed E-state index contributed by atoms with van der Waals surface area (Å²) >= 11 is 0. The van der Waals surface area contributed by atoms with E-state index in [0.717, 1.165) is 25.9 Å². The van der Waals surface area contributed by atoms with Gasteiger partial charge in [-0.1, -0.05) is 0 Å². The van der Waals surface area contributed by atoms with Crippen LogP contribution in [0.3, 0.4) is 0 Å². The molecule has 116 valence electrons. The van der Waals surface area contributed by atoms with E-state index < -0.39 is 0 Å². The highest BCUT2D eigenvalue weighted by atomic mass is 16.5. The molecule has 2 rings (SSSR count). The van der Waals surface area contributed by atoms with Gasteiger partial charge in [0.15, 0.2) is 0 Å². The van der Waals surface area contributed by atoms with E-state index in [-0.39, 0.29) is 18.6 Å². The largest absolute Gasteiger partial charge is 0.369 e. The Morgan fingerprint density at radius 1 is 1.10 bits per heavy atom. The van der Waals surface area contributed by atoms with Crippen molar-refractivity contribution < 1.29 is 9.53 Å². The molecular formula is C15H29N3O2. The molecule has 0 aromatic rings. The Hall–Kier alpha value is -0.650. The fourth-order valence-corrected chi connectivity index (χ4v) is 3.00. The van der Waals surface area contributed by atoms with Gasteiger partial charge >= 0.3 is 0 Å². The highest BCUT2D eigenvalue weighted by Gasteiger charge is 2.28. The van der Waals surface area contributed by atoms with Gasteiger partial charge in [-0.2, -0.15) is 0 Å². The molecule has 0 bridgehead atoms. The number of nitrogens with zero attached hydrogens (tertiary/aromatic N) is 3. The minimum Gasteiger partial charge on any atom is -0.369 e. The summed E-state index contributed by atoms with van der Waals surface area (Å²) < 4.78 is 5.40. The second-order valence-electron chi connectivity index (χ2n) is 6.31. The fourth-order valence-electron chi connectivity index (χ4n) is 3.00. The molecule has 2 aliphatic rings. The van der Waals surface area contributed by atoms with E-state index in [1.807, 2.05) is 18.7 Å². The van der Waals surface area contributed by atoms with Gasteiger partial charge in [-0.3, -0.25) is 9.69 Å². The Balaban J connectivity index is 1.70. The molecule has 0 unspecified atom stereocenters. The molecule has 2 fully saturated rings. The number of carbonyl (C=O) groups excluding carboxylic acids is 1. The van der Waals surface area contributed by atoms with Gasteiger partial charge in [-0.25, -0.2) is 0 Å². The molecule has 20 heavy (non-hydrogen) atoms. The van der Waals surface area contributed by atoms with Crippen LogP contribution in [0.2, 0.25) is 0 Å². The zero-order valence-electron chi connectivity index (χ0n) is 13.2. The highest BCUT2D eigenvalue weighted by Crippen LogP contribution is 2.18. The average molecular weight is 283 g/mol. The van der Waals surface area contributed by atoms with Gasteiger partial charge in [0.05, 0.1) is 6.10 Å². The van der Waals surface area contributed by atoms with Crippen LogP contribution in [0.4, 0.5) is 0 Å². The number of likely N-dealkylation sites (N-methyl/N-ethyl adjacent to an activating group) is 1. The van der Waals surface area contributed by atoms with E-state index in [4.69, 9.17) is 4.74 Å². The van der Waals surface area contributed by atoms with Crippen molar-refractivity contribution in [2.45, 2.75) is 38.8 Å². The lowest BCUT2D eigenvalue weighted by Gasteiger charge is -2.42. The summed E-state index contributed by atoms with van der Waals surface area (Å²) in [4.78, 5) is 19.0. The fraction of sp³-hybridized carbons (Fsp3) is 0.933. The van der Waals surface area contributed by atoms with Crippen LogP contribution in [0.15, 0.2) is 0 Å². The van der Waals surface area contributed by atoms with Crippen LogP contribution < -0.4 is 0 Å². The van der Waals surface area contributed by atoms with E-state index in [1.54, 1.807) is 0 Å². The average Bonchev–Trinajstić information content (AvgIpc) is 2.46. The van der Waals surface area contributed by atoms with Gasteiger partial charge in [0, 0.05) is 45.3 Å². The predicted octanol–water partition coefficient (Wildman–Crippen LogP) is 0.650. The number of rotatable bonds is 4. The number of likely N-dealkylation sites (tertiary alicyclic amines) is 1. The Morgan fingerprint density at radius 3 is 2.25 bits per heavy atom. The van der Waals surface area contributed by atoms with Crippen molar-refractivity contribution in [2.24, 2.45) is 0 Å². The molecule has 5 nitrogen and oxygen atoms in total. The Labute approximate surface area is 122 Å². The number of carbonyl (C=O) groups is 1. The van der Waals surface area contributed by atoms with Crippen molar-refractivity contribution in [3.8, 4) is 0 Å². The molecule has 0 aromatic heterocycles. The lowest BCUT2D eigenvalue weighted by Crippen LogP contribution is -2.53. The molecule has 0 spiro atoms. The van der Waals surface area contributed by atoms with Crippen molar-refractivity contribution in [3.63, 3.8) is 0 Å². The molecule has 0 radical (unpaired) electrons. The van der Waals surface area contributed by atoms with Crippen LogP contribution in [0.25, 0.3) is 0 Å². The Morgan fingerprint density at radius 2 is 1.70 bits per heavy atom. The second-order valence-corrected chi connectivity index (χ2v) is 6.31. The van der Waals surface area contributed by atoms with Crippen LogP contribution in [-0.4, -0.2) is 85.7 Å². The normalized spacial score (nSPS) is 23.5. The Bertz CT molecular complexity index is 306. The number of ether oxygens (including phenoxy) is 1. The topological polar surface area (TPSA) is 36.0 Å². The van der Waals surface area contributed by atoms with Gasteiger partial charge in [0.2, 0.25) is 5.91 Å². The zero-order valence-corrected chi connectivity index (χ0v) is 13.2. The summed E-state index contributed by atoms with van der Waals surface area (Å²) in [5.41, 5.74) is 0. The van der Waals surface area contributed by atoms with Gasteiger partial charge in [0.25, 0.3) is 0 Å². The maximum atomic E-state index is 12.0. The molecule has 0 aliphatic carbocycles. The van der Waals surface area contributed by atoms with E-state index >= 15 is 0 Å². The summed E-state index contributed by atoms with van der Waals surface area (Å²) in [6.45, 7) is 10.6. The SMILES string of the molecule is CC(C)OCC(=O)N1CCC(N2CCN(C)CC2)CC1. The number of piperazine rings is 1. The smallest absolute Gasteiger partial charge is 0.248 e. The third-order valence-corrected chi connectivity index (χ3v) is 4.41. The van der Waals surface area contributed by atoms with E-state index in [2.05, 4.69) is 16.8 Å². The zero-order chi connectivity index (χ0) is 14.5. The van der Waals surface area contributed by atoms with Crippen LogP contribution in [0, 0.1) is 0 Å². The molecule has 5 heteroatoms. The lowest BCUT2D eigenvalue weighted by atomic mass is 10.0. The predicted molar refractivity (Wildman–Crippen MR) is 79.8 cm³/mol. The molecular weight excluding hydrogens is 254 g/mol. The minimum absolute atomic E-state index is 0.127.